The van der Waals surface area contributed by atoms with Gasteiger partial charge in [-0.1, -0.05) is 13.8 Å². The Kier molecular flexibility index (Phi) is 4.65. The summed E-state index contributed by atoms with van der Waals surface area (Å²) in [5.41, 5.74) is 6.31. The highest BCUT2D eigenvalue weighted by atomic mass is 32.1. The second kappa shape index (κ2) is 6.26. The van der Waals surface area contributed by atoms with Gasteiger partial charge in [0.25, 0.3) is 0 Å². The van der Waals surface area contributed by atoms with E-state index in [-0.39, 0.29) is 24.5 Å². The van der Waals surface area contributed by atoms with Crippen LogP contribution in [0.2, 0.25) is 0 Å². The second-order valence-electron chi connectivity index (χ2n) is 5.29. The number of urea groups is 1. The molecule has 0 unspecified atom stereocenters. The maximum Gasteiger partial charge on any atom is 0.348 e. The Bertz CT molecular complexity index is 498. The molecule has 1 aliphatic rings. The van der Waals surface area contributed by atoms with Crippen molar-refractivity contribution in [3.8, 4) is 0 Å². The lowest BCUT2D eigenvalue weighted by molar-refractivity contribution is 0.0426. The average molecular weight is 296 g/mol. The minimum atomic E-state index is -0.442. The van der Waals surface area contributed by atoms with Crippen LogP contribution in [0.4, 0.5) is 4.79 Å². The number of primary amides is 1. The molecule has 1 fully saturated rings. The fourth-order valence-electron chi connectivity index (χ4n) is 2.48. The highest BCUT2D eigenvalue weighted by Crippen LogP contribution is 2.26. The lowest BCUT2D eigenvalue weighted by Gasteiger charge is -2.22. The number of rotatable bonds is 4. The van der Waals surface area contributed by atoms with Gasteiger partial charge in [0.15, 0.2) is 0 Å². The van der Waals surface area contributed by atoms with E-state index in [1.807, 2.05) is 25.3 Å². The van der Waals surface area contributed by atoms with Gasteiger partial charge < -0.3 is 15.4 Å². The first-order chi connectivity index (χ1) is 9.50. The summed E-state index contributed by atoms with van der Waals surface area (Å²) in [5.74, 6) is -0.0163. The van der Waals surface area contributed by atoms with Crippen molar-refractivity contribution >= 4 is 23.3 Å². The molecule has 2 rings (SSSR count). The van der Waals surface area contributed by atoms with E-state index in [1.165, 1.54) is 11.3 Å². The van der Waals surface area contributed by atoms with Gasteiger partial charge in [-0.3, -0.25) is 0 Å². The molecule has 0 saturated carbocycles. The van der Waals surface area contributed by atoms with E-state index in [2.05, 4.69) is 0 Å². The summed E-state index contributed by atoms with van der Waals surface area (Å²) in [4.78, 5) is 25.6. The van der Waals surface area contributed by atoms with Gasteiger partial charge in [0, 0.05) is 6.54 Å². The van der Waals surface area contributed by atoms with Crippen LogP contribution < -0.4 is 5.73 Å². The van der Waals surface area contributed by atoms with Crippen LogP contribution in [0.3, 0.4) is 0 Å². The fraction of sp³-hybridized carbons (Fsp3) is 0.571. The molecule has 0 aromatic carbocycles. The molecule has 1 saturated heterocycles. The highest BCUT2D eigenvalue weighted by molar-refractivity contribution is 7.12. The Hall–Kier alpha value is -1.56. The Labute approximate surface area is 122 Å². The summed E-state index contributed by atoms with van der Waals surface area (Å²) in [6.45, 7) is 4.96. The van der Waals surface area contributed by atoms with Gasteiger partial charge in [-0.15, -0.1) is 11.3 Å². The number of amides is 2. The first kappa shape index (κ1) is 14.8. The molecule has 0 bridgehead atoms. The van der Waals surface area contributed by atoms with Gasteiger partial charge in [-0.25, -0.2) is 9.59 Å². The van der Waals surface area contributed by atoms with Gasteiger partial charge >= 0.3 is 12.0 Å². The van der Waals surface area contributed by atoms with Crippen LogP contribution in [0.25, 0.3) is 0 Å². The van der Waals surface area contributed by atoms with E-state index in [4.69, 9.17) is 10.5 Å². The van der Waals surface area contributed by atoms with Crippen LogP contribution in [0.5, 0.6) is 0 Å². The lowest BCUT2D eigenvalue weighted by atomic mass is 10.0. The fourth-order valence-corrected chi connectivity index (χ4v) is 3.42. The zero-order valence-electron chi connectivity index (χ0n) is 11.8. The van der Waals surface area contributed by atoms with Crippen molar-refractivity contribution in [3.05, 3.63) is 21.9 Å². The first-order valence-corrected chi connectivity index (χ1v) is 7.69. The van der Waals surface area contributed by atoms with E-state index >= 15 is 0 Å². The minimum absolute atomic E-state index is 0.0843. The van der Waals surface area contributed by atoms with Crippen LogP contribution in [0.1, 0.15) is 47.8 Å². The third-order valence-electron chi connectivity index (χ3n) is 3.57. The van der Waals surface area contributed by atoms with Gasteiger partial charge in [-0.05, 0) is 35.8 Å². The molecule has 1 atom stereocenters. The Balaban J connectivity index is 1.95. The molecule has 2 amide bonds. The normalized spacial score (nSPS) is 18.6. The number of hydrogen-bond donors (Lipinski definition) is 1. The molecule has 1 aromatic rings. The van der Waals surface area contributed by atoms with Crippen molar-refractivity contribution in [2.24, 2.45) is 5.73 Å². The molecule has 20 heavy (non-hydrogen) atoms. The zero-order valence-corrected chi connectivity index (χ0v) is 12.6. The summed E-state index contributed by atoms with van der Waals surface area (Å²) in [7, 11) is 0. The second-order valence-corrected chi connectivity index (χ2v) is 6.20. The van der Waals surface area contributed by atoms with Crippen molar-refractivity contribution in [1.82, 2.24) is 4.90 Å². The van der Waals surface area contributed by atoms with Crippen molar-refractivity contribution in [2.75, 3.05) is 13.2 Å². The highest BCUT2D eigenvalue weighted by Gasteiger charge is 2.28. The number of esters is 1. The molecule has 2 N–H and O–H groups in total. The van der Waals surface area contributed by atoms with E-state index in [0.29, 0.717) is 11.4 Å². The number of carbonyl (C=O) groups is 2. The van der Waals surface area contributed by atoms with Crippen molar-refractivity contribution < 1.29 is 14.3 Å². The van der Waals surface area contributed by atoms with E-state index in [0.717, 1.165) is 18.4 Å². The van der Waals surface area contributed by atoms with Gasteiger partial charge in [0.1, 0.15) is 11.5 Å². The lowest BCUT2D eigenvalue weighted by Crippen LogP contribution is -2.41. The monoisotopic (exact) mass is 296 g/mol. The van der Waals surface area contributed by atoms with Crippen molar-refractivity contribution in [1.29, 1.82) is 0 Å². The maximum absolute atomic E-state index is 12.1. The smallest absolute Gasteiger partial charge is 0.348 e. The Morgan fingerprint density at radius 2 is 2.30 bits per heavy atom. The molecule has 110 valence electrons. The number of carbonyl (C=O) groups excluding carboxylic acids is 2. The van der Waals surface area contributed by atoms with Crippen LogP contribution in [0.15, 0.2) is 11.4 Å². The van der Waals surface area contributed by atoms with E-state index < -0.39 is 6.03 Å². The topological polar surface area (TPSA) is 72.6 Å². The molecule has 1 aliphatic heterocycles. The van der Waals surface area contributed by atoms with Crippen LogP contribution in [-0.4, -0.2) is 36.1 Å². The summed E-state index contributed by atoms with van der Waals surface area (Å²) < 4.78 is 5.36. The number of nitrogens with two attached hydrogens (primary N) is 1. The van der Waals surface area contributed by atoms with Gasteiger partial charge in [0.2, 0.25) is 0 Å². The van der Waals surface area contributed by atoms with E-state index in [1.54, 1.807) is 4.90 Å². The number of hydrogen-bond acceptors (Lipinski definition) is 4. The van der Waals surface area contributed by atoms with Gasteiger partial charge in [0.05, 0.1) is 6.04 Å². The molecule has 6 heteroatoms. The summed E-state index contributed by atoms with van der Waals surface area (Å²) in [5, 5.41) is 1.90. The Morgan fingerprint density at radius 3 is 2.95 bits per heavy atom. The van der Waals surface area contributed by atoms with Crippen LogP contribution in [-0.2, 0) is 4.74 Å². The molecule has 2 heterocycles. The molecular formula is C14H20N2O3S. The largest absolute Gasteiger partial charge is 0.459 e. The van der Waals surface area contributed by atoms with Crippen LogP contribution >= 0.6 is 11.3 Å². The van der Waals surface area contributed by atoms with Crippen LogP contribution in [0, 0.1) is 0 Å². The third-order valence-corrected chi connectivity index (χ3v) is 4.48. The number of ether oxygens (including phenoxy) is 1. The van der Waals surface area contributed by atoms with Crippen molar-refractivity contribution in [2.45, 2.75) is 38.6 Å². The predicted molar refractivity (Wildman–Crippen MR) is 78.0 cm³/mol. The Morgan fingerprint density at radius 1 is 1.55 bits per heavy atom. The summed E-state index contributed by atoms with van der Waals surface area (Å²) in [6, 6.07) is 1.43. The summed E-state index contributed by atoms with van der Waals surface area (Å²) >= 11 is 1.40. The number of thiophene rings is 1. The molecular weight excluding hydrogens is 276 g/mol. The maximum atomic E-state index is 12.1. The SMILES string of the molecule is CC(C)c1ccsc1C(=O)OC[C@@H]1CCCN1C(N)=O. The molecule has 0 radical (unpaired) electrons. The standard InChI is InChI=1S/C14H20N2O3S/c1-9(2)11-5-7-20-12(11)13(17)19-8-10-4-3-6-16(10)14(15)18/h5,7,9-10H,3-4,6,8H2,1-2H3,(H2,15,18)/t10-/m0/s1. The van der Waals surface area contributed by atoms with Gasteiger partial charge in [-0.2, -0.15) is 0 Å². The quantitative estimate of drug-likeness (QED) is 0.868. The summed E-state index contributed by atoms with van der Waals surface area (Å²) in [6.07, 6.45) is 1.74. The molecule has 0 aliphatic carbocycles. The zero-order chi connectivity index (χ0) is 14.7. The number of nitrogens with zero attached hydrogens (tertiary/aromatic N) is 1. The third kappa shape index (κ3) is 3.12. The molecule has 1 aromatic heterocycles. The average Bonchev–Trinajstić information content (AvgIpc) is 3.04. The van der Waals surface area contributed by atoms with Crippen molar-refractivity contribution in [3.63, 3.8) is 0 Å². The predicted octanol–water partition coefficient (Wildman–Crippen LogP) is 2.57. The number of likely N-dealkylation sites (tertiary alicyclic amines) is 1. The minimum Gasteiger partial charge on any atom is -0.459 e. The molecule has 0 spiro atoms. The molecule has 5 nitrogen and oxygen atoms in total. The van der Waals surface area contributed by atoms with E-state index in [9.17, 15) is 9.59 Å². The first-order valence-electron chi connectivity index (χ1n) is 6.81.